The molecule has 0 amide bonds. The molecule has 0 aliphatic carbocycles. The van der Waals surface area contributed by atoms with Crippen molar-refractivity contribution < 1.29 is 4.79 Å². The molecule has 0 radical (unpaired) electrons. The monoisotopic (exact) mass is 570 g/mol. The van der Waals surface area contributed by atoms with Gasteiger partial charge in [-0.25, -0.2) is 0 Å². The summed E-state index contributed by atoms with van der Waals surface area (Å²) in [7, 11) is 0. The number of Topliss-reactive ketones (excluding diaryl/α,β-unsaturated/α-hetero) is 1. The maximum absolute atomic E-state index is 13.1. The fraction of sp³-hybridized carbons (Fsp3) is 0.486. The van der Waals surface area contributed by atoms with E-state index in [1.807, 2.05) is 12.1 Å². The van der Waals surface area contributed by atoms with Gasteiger partial charge in [-0.3, -0.25) is 14.6 Å². The van der Waals surface area contributed by atoms with E-state index in [1.54, 1.807) is 0 Å². The van der Waals surface area contributed by atoms with Crippen LogP contribution in [0.5, 0.6) is 0 Å². The summed E-state index contributed by atoms with van der Waals surface area (Å²) in [5.41, 5.74) is 7.87. The standard InChI is InChI=1S/C37H47ClN2O/c1-37(2,3)34-11-6-9-29(24-34)26-39-22-18-30-14-15-32(25-31(30)19-23-39)36(41)13-7-8-28-16-20-40(21-17-28)27-33-10-4-5-12-35(33)38/h4-6,9-12,14-15,24-25,28H,7-8,13,16-23,26-27H2,1-3H3. The molecule has 1 fully saturated rings. The van der Waals surface area contributed by atoms with Gasteiger partial charge in [0.1, 0.15) is 0 Å². The summed E-state index contributed by atoms with van der Waals surface area (Å²) in [4.78, 5) is 18.2. The Morgan fingerprint density at radius 1 is 0.829 bits per heavy atom. The minimum Gasteiger partial charge on any atom is -0.299 e. The summed E-state index contributed by atoms with van der Waals surface area (Å²) in [5, 5.41) is 0.866. The zero-order valence-electron chi connectivity index (χ0n) is 25.3. The molecule has 0 aromatic heterocycles. The molecule has 2 heterocycles. The minimum atomic E-state index is 0.170. The fourth-order valence-electron chi connectivity index (χ4n) is 6.49. The van der Waals surface area contributed by atoms with Crippen LogP contribution in [0.25, 0.3) is 0 Å². The Labute approximate surface area is 252 Å². The number of rotatable bonds is 9. The van der Waals surface area contributed by atoms with E-state index in [4.69, 9.17) is 11.6 Å². The van der Waals surface area contributed by atoms with Crippen molar-refractivity contribution >= 4 is 17.4 Å². The number of nitrogens with zero attached hydrogens (tertiary/aromatic N) is 2. The quantitative estimate of drug-likeness (QED) is 0.241. The Morgan fingerprint density at radius 3 is 2.32 bits per heavy atom. The molecule has 4 heteroatoms. The van der Waals surface area contributed by atoms with Crippen molar-refractivity contribution in [3.63, 3.8) is 0 Å². The van der Waals surface area contributed by atoms with Crippen molar-refractivity contribution in [2.45, 2.75) is 84.2 Å². The second kappa shape index (κ2) is 13.7. The van der Waals surface area contributed by atoms with E-state index in [2.05, 4.69) is 85.2 Å². The summed E-state index contributed by atoms with van der Waals surface area (Å²) in [6.07, 6.45) is 7.31. The Balaban J connectivity index is 1.06. The van der Waals surface area contributed by atoms with Gasteiger partial charge in [-0.15, -0.1) is 0 Å². The van der Waals surface area contributed by atoms with Crippen LogP contribution in [0.1, 0.15) is 91.1 Å². The number of hydrogen-bond donors (Lipinski definition) is 0. The SMILES string of the molecule is CC(C)(C)c1cccc(CN2CCc3ccc(C(=O)CCCC4CCN(Cc5ccccc5Cl)CC4)cc3CC2)c1. The number of fused-ring (bicyclic) bond motifs is 1. The molecule has 0 unspecified atom stereocenters. The second-order valence-electron chi connectivity index (χ2n) is 13.3. The lowest BCUT2D eigenvalue weighted by atomic mass is 9.86. The number of halogens is 1. The smallest absolute Gasteiger partial charge is 0.162 e. The van der Waals surface area contributed by atoms with Gasteiger partial charge in [0.05, 0.1) is 0 Å². The van der Waals surface area contributed by atoms with Gasteiger partial charge in [-0.05, 0) is 103 Å². The lowest BCUT2D eigenvalue weighted by Gasteiger charge is -2.32. The van der Waals surface area contributed by atoms with Gasteiger partial charge in [0, 0.05) is 43.2 Å². The van der Waals surface area contributed by atoms with Crippen LogP contribution in [0.4, 0.5) is 0 Å². The third kappa shape index (κ3) is 8.31. The zero-order valence-corrected chi connectivity index (χ0v) is 26.1. The average molecular weight is 571 g/mol. The number of benzene rings is 3. The summed E-state index contributed by atoms with van der Waals surface area (Å²) in [5.74, 6) is 1.04. The predicted octanol–water partition coefficient (Wildman–Crippen LogP) is 8.50. The van der Waals surface area contributed by atoms with Crippen LogP contribution in [0.15, 0.2) is 66.7 Å². The Morgan fingerprint density at radius 2 is 1.56 bits per heavy atom. The molecular formula is C37H47ClN2O. The fourth-order valence-corrected chi connectivity index (χ4v) is 6.69. The number of likely N-dealkylation sites (tertiary alicyclic amines) is 1. The summed E-state index contributed by atoms with van der Waals surface area (Å²) < 4.78 is 0. The topological polar surface area (TPSA) is 23.6 Å². The van der Waals surface area contributed by atoms with Crippen molar-refractivity contribution in [1.29, 1.82) is 0 Å². The molecular weight excluding hydrogens is 524 g/mol. The Kier molecular flexibility index (Phi) is 10.0. The zero-order chi connectivity index (χ0) is 28.8. The van der Waals surface area contributed by atoms with E-state index in [1.165, 1.54) is 40.7 Å². The van der Waals surface area contributed by atoms with Gasteiger partial charge in [0.2, 0.25) is 0 Å². The maximum atomic E-state index is 13.1. The molecule has 2 aliphatic rings. The molecule has 0 N–H and O–H groups in total. The largest absolute Gasteiger partial charge is 0.299 e. The number of ketones is 1. The Hall–Kier alpha value is -2.46. The molecule has 3 aromatic carbocycles. The third-order valence-corrected chi connectivity index (χ3v) is 9.57. The highest BCUT2D eigenvalue weighted by atomic mass is 35.5. The molecule has 0 bridgehead atoms. The lowest BCUT2D eigenvalue weighted by Crippen LogP contribution is -2.33. The number of piperidine rings is 1. The first kappa shape index (κ1) is 30.0. The highest BCUT2D eigenvalue weighted by molar-refractivity contribution is 6.31. The highest BCUT2D eigenvalue weighted by Gasteiger charge is 2.21. The van der Waals surface area contributed by atoms with Crippen LogP contribution >= 0.6 is 11.6 Å². The first-order valence-corrected chi connectivity index (χ1v) is 16.0. The van der Waals surface area contributed by atoms with Crippen molar-refractivity contribution in [2.24, 2.45) is 5.92 Å². The van der Waals surface area contributed by atoms with Gasteiger partial charge >= 0.3 is 0 Å². The van der Waals surface area contributed by atoms with Crippen LogP contribution in [-0.2, 0) is 31.3 Å². The molecule has 0 atom stereocenters. The molecule has 5 rings (SSSR count). The molecule has 0 spiro atoms. The minimum absolute atomic E-state index is 0.170. The van der Waals surface area contributed by atoms with E-state index in [-0.39, 0.29) is 5.41 Å². The third-order valence-electron chi connectivity index (χ3n) is 9.20. The van der Waals surface area contributed by atoms with E-state index in [9.17, 15) is 4.79 Å². The molecule has 218 valence electrons. The van der Waals surface area contributed by atoms with Gasteiger partial charge in [0.15, 0.2) is 5.78 Å². The second-order valence-corrected chi connectivity index (χ2v) is 13.7. The summed E-state index contributed by atoms with van der Waals surface area (Å²) in [6, 6.07) is 23.8. The maximum Gasteiger partial charge on any atom is 0.162 e. The van der Waals surface area contributed by atoms with E-state index >= 15 is 0 Å². The van der Waals surface area contributed by atoms with Gasteiger partial charge in [-0.2, -0.15) is 0 Å². The molecule has 3 nitrogen and oxygen atoms in total. The first-order valence-electron chi connectivity index (χ1n) is 15.7. The first-order chi connectivity index (χ1) is 19.7. The molecule has 0 saturated carbocycles. The van der Waals surface area contributed by atoms with Crippen LogP contribution < -0.4 is 0 Å². The van der Waals surface area contributed by atoms with E-state index in [0.717, 1.165) is 81.5 Å². The highest BCUT2D eigenvalue weighted by Crippen LogP contribution is 2.27. The van der Waals surface area contributed by atoms with Crippen LogP contribution in [-0.4, -0.2) is 41.8 Å². The van der Waals surface area contributed by atoms with Crippen LogP contribution in [0.2, 0.25) is 5.02 Å². The number of carbonyl (C=O) groups is 1. The number of hydrogen-bond acceptors (Lipinski definition) is 3. The summed E-state index contributed by atoms with van der Waals surface area (Å²) in [6.45, 7) is 13.1. The van der Waals surface area contributed by atoms with E-state index in [0.29, 0.717) is 12.2 Å². The predicted molar refractivity (Wildman–Crippen MR) is 172 cm³/mol. The van der Waals surface area contributed by atoms with Crippen molar-refractivity contribution in [3.05, 3.63) is 105 Å². The lowest BCUT2D eigenvalue weighted by molar-refractivity contribution is 0.0974. The van der Waals surface area contributed by atoms with Gasteiger partial charge < -0.3 is 0 Å². The average Bonchev–Trinajstić information content (AvgIpc) is 3.16. The summed E-state index contributed by atoms with van der Waals surface area (Å²) >= 11 is 6.36. The molecule has 3 aromatic rings. The molecule has 2 aliphatic heterocycles. The molecule has 1 saturated heterocycles. The normalized spacial score (nSPS) is 17.3. The van der Waals surface area contributed by atoms with Crippen LogP contribution in [0.3, 0.4) is 0 Å². The Bertz CT molecular complexity index is 1320. The van der Waals surface area contributed by atoms with E-state index < -0.39 is 0 Å². The van der Waals surface area contributed by atoms with Gasteiger partial charge in [0.25, 0.3) is 0 Å². The van der Waals surface area contributed by atoms with Crippen molar-refractivity contribution in [1.82, 2.24) is 9.80 Å². The molecule has 41 heavy (non-hydrogen) atoms. The van der Waals surface area contributed by atoms with Crippen molar-refractivity contribution in [2.75, 3.05) is 26.2 Å². The van der Waals surface area contributed by atoms with Gasteiger partial charge in [-0.1, -0.05) is 87.0 Å². The number of carbonyl (C=O) groups excluding carboxylic acids is 1. The van der Waals surface area contributed by atoms with Crippen molar-refractivity contribution in [3.8, 4) is 0 Å². The van der Waals surface area contributed by atoms with Crippen LogP contribution in [0, 0.1) is 5.92 Å².